The van der Waals surface area contributed by atoms with E-state index in [9.17, 15) is 13.6 Å². The van der Waals surface area contributed by atoms with Gasteiger partial charge >= 0.3 is 5.92 Å². The van der Waals surface area contributed by atoms with Gasteiger partial charge in [-0.3, -0.25) is 4.79 Å². The third kappa shape index (κ3) is 7.34. The highest BCUT2D eigenvalue weighted by atomic mass is 32.2. The number of rotatable bonds is 9. The number of para-hydroxylation sites is 1. The first kappa shape index (κ1) is 27.4. The van der Waals surface area contributed by atoms with Crippen LogP contribution in [0, 0.1) is 0 Å². The quantitative estimate of drug-likeness (QED) is 0.263. The summed E-state index contributed by atoms with van der Waals surface area (Å²) in [4.78, 5) is 14.6. The van der Waals surface area contributed by atoms with Crippen LogP contribution in [-0.2, 0) is 4.79 Å². The minimum atomic E-state index is -3.51. The van der Waals surface area contributed by atoms with Crippen molar-refractivity contribution in [1.82, 2.24) is 4.31 Å². The molecule has 1 aliphatic heterocycles. The van der Waals surface area contributed by atoms with E-state index in [4.69, 9.17) is 9.84 Å². The Morgan fingerprint density at radius 1 is 1.27 bits per heavy atom. The number of anilines is 2. The molecule has 1 heterocycles. The second-order valence-electron chi connectivity index (χ2n) is 7.52. The number of halogens is 2. The van der Waals surface area contributed by atoms with E-state index in [2.05, 4.69) is 35.3 Å². The van der Waals surface area contributed by atoms with E-state index in [1.165, 1.54) is 11.8 Å². The molecule has 0 aromatic heterocycles. The number of hydrogen-bond donors (Lipinski definition) is 1. The van der Waals surface area contributed by atoms with Crippen molar-refractivity contribution in [2.45, 2.75) is 47.9 Å². The molecule has 0 fully saturated rings. The Bertz CT molecular complexity index is 888. The first-order chi connectivity index (χ1) is 15.9. The van der Waals surface area contributed by atoms with E-state index in [0.29, 0.717) is 11.8 Å². The van der Waals surface area contributed by atoms with Crippen LogP contribution in [0.2, 0.25) is 0 Å². The Kier molecular flexibility index (Phi) is 11.0. The summed E-state index contributed by atoms with van der Waals surface area (Å²) in [6, 6.07) is 14.4. The summed E-state index contributed by atoms with van der Waals surface area (Å²) >= 11 is 3.05. The fourth-order valence-corrected chi connectivity index (χ4v) is 5.12. The van der Waals surface area contributed by atoms with Gasteiger partial charge in [0, 0.05) is 25.4 Å². The molecule has 1 atom stereocenters. The van der Waals surface area contributed by atoms with E-state index in [0.717, 1.165) is 54.1 Å². The molecule has 0 aliphatic carbocycles. The number of benzene rings is 2. The average molecular weight is 499 g/mol. The minimum Gasteiger partial charge on any atom is -0.486 e. The predicted octanol–water partition coefficient (Wildman–Crippen LogP) is 5.88. The normalized spacial score (nSPS) is 16.3. The lowest BCUT2D eigenvalue weighted by Gasteiger charge is -2.30. The fourth-order valence-electron chi connectivity index (χ4n) is 3.51. The Labute approximate surface area is 203 Å². The van der Waals surface area contributed by atoms with Gasteiger partial charge in [0.1, 0.15) is 5.75 Å². The zero-order valence-electron chi connectivity index (χ0n) is 19.5. The standard InChI is InChI=1S/C23H28F2N2O2S2.CH4O/c1-4-5-9-18-14-27(17-10-7-6-8-11-17)19-12-22(30-3)20(13-21(19)31-26(18)2)29-16-23(24,25)15-28;1-2/h6-8,10-13,15,18H,4-5,9,14,16H2,1-3H3;2H,1H3. The van der Waals surface area contributed by atoms with Crippen LogP contribution in [-0.4, -0.2) is 61.2 Å². The van der Waals surface area contributed by atoms with E-state index in [-0.39, 0.29) is 6.29 Å². The van der Waals surface area contributed by atoms with Crippen LogP contribution in [0.1, 0.15) is 26.2 Å². The number of aldehydes is 1. The molecule has 9 heteroatoms. The van der Waals surface area contributed by atoms with Gasteiger partial charge in [0.25, 0.3) is 0 Å². The lowest BCUT2D eigenvalue weighted by atomic mass is 10.1. The SMILES string of the molecule is CCCCC1CN(c2ccccc2)c2cc(SC)c(OCC(F)(F)C=O)cc2SN1C.CO. The second-order valence-corrected chi connectivity index (χ2v) is 9.56. The summed E-state index contributed by atoms with van der Waals surface area (Å²) in [6.45, 7) is 2.06. The molecule has 0 saturated carbocycles. The van der Waals surface area contributed by atoms with Crippen molar-refractivity contribution in [3.05, 3.63) is 42.5 Å². The maximum atomic E-state index is 13.5. The van der Waals surface area contributed by atoms with Crippen molar-refractivity contribution in [2.75, 3.05) is 38.5 Å². The number of unbranched alkanes of at least 4 members (excludes halogenated alkanes) is 1. The Morgan fingerprint density at radius 2 is 1.97 bits per heavy atom. The number of alkyl halides is 2. The van der Waals surface area contributed by atoms with Crippen LogP contribution in [0.3, 0.4) is 0 Å². The van der Waals surface area contributed by atoms with Crippen LogP contribution >= 0.6 is 23.7 Å². The summed E-state index contributed by atoms with van der Waals surface area (Å²) in [6.07, 6.45) is 4.86. The third-order valence-corrected chi connectivity index (χ3v) is 7.11. The topological polar surface area (TPSA) is 53.0 Å². The summed E-state index contributed by atoms with van der Waals surface area (Å²) < 4.78 is 34.6. The number of hydrogen-bond acceptors (Lipinski definition) is 7. The molecule has 0 bridgehead atoms. The first-order valence-corrected chi connectivity index (χ1v) is 12.8. The van der Waals surface area contributed by atoms with Crippen LogP contribution in [0.5, 0.6) is 5.75 Å². The van der Waals surface area contributed by atoms with Gasteiger partial charge in [-0.15, -0.1) is 11.8 Å². The number of thioether (sulfide) groups is 1. The van der Waals surface area contributed by atoms with Crippen LogP contribution < -0.4 is 9.64 Å². The fraction of sp³-hybridized carbons (Fsp3) is 0.458. The maximum absolute atomic E-state index is 13.5. The highest BCUT2D eigenvalue weighted by Crippen LogP contribution is 2.46. The van der Waals surface area contributed by atoms with E-state index in [1.54, 1.807) is 11.9 Å². The molecular weight excluding hydrogens is 466 g/mol. The van der Waals surface area contributed by atoms with Crippen molar-refractivity contribution in [1.29, 1.82) is 0 Å². The molecule has 0 amide bonds. The van der Waals surface area contributed by atoms with Gasteiger partial charge in [0.15, 0.2) is 12.9 Å². The third-order valence-electron chi connectivity index (χ3n) is 5.24. The van der Waals surface area contributed by atoms with Crippen molar-refractivity contribution in [3.63, 3.8) is 0 Å². The number of ether oxygens (including phenoxy) is 1. The van der Waals surface area contributed by atoms with Crippen molar-refractivity contribution < 1.29 is 23.4 Å². The molecule has 0 radical (unpaired) electrons. The van der Waals surface area contributed by atoms with Gasteiger partial charge in [-0.25, -0.2) is 4.31 Å². The molecular formula is C24H32F2N2O3S2. The Morgan fingerprint density at radius 3 is 2.58 bits per heavy atom. The Hall–Kier alpha value is -1.81. The summed E-state index contributed by atoms with van der Waals surface area (Å²) in [5.41, 5.74) is 2.12. The van der Waals surface area contributed by atoms with Crippen molar-refractivity contribution in [3.8, 4) is 5.75 Å². The monoisotopic (exact) mass is 498 g/mol. The number of carbonyl (C=O) groups excluding carboxylic acids is 1. The molecule has 0 saturated heterocycles. The number of aliphatic hydroxyl groups excluding tert-OH is 1. The minimum absolute atomic E-state index is 0.332. The van der Waals surface area contributed by atoms with E-state index >= 15 is 0 Å². The zero-order valence-corrected chi connectivity index (χ0v) is 21.1. The van der Waals surface area contributed by atoms with Crippen LogP contribution in [0.4, 0.5) is 20.2 Å². The number of aliphatic hydroxyl groups is 1. The number of carbonyl (C=O) groups is 1. The summed E-state index contributed by atoms with van der Waals surface area (Å²) in [7, 11) is 3.08. The van der Waals surface area contributed by atoms with E-state index in [1.807, 2.05) is 36.6 Å². The van der Waals surface area contributed by atoms with Gasteiger partial charge in [0.05, 0.1) is 15.5 Å². The van der Waals surface area contributed by atoms with E-state index < -0.39 is 12.5 Å². The van der Waals surface area contributed by atoms with Crippen molar-refractivity contribution >= 4 is 41.4 Å². The maximum Gasteiger partial charge on any atom is 0.335 e. The second kappa shape index (κ2) is 13.2. The first-order valence-electron chi connectivity index (χ1n) is 10.8. The Balaban J connectivity index is 0.00000187. The number of likely N-dealkylation sites (N-methyl/N-ethyl adjacent to an activating group) is 1. The molecule has 1 unspecified atom stereocenters. The van der Waals surface area contributed by atoms with Crippen LogP contribution in [0.25, 0.3) is 0 Å². The van der Waals surface area contributed by atoms with Gasteiger partial charge in [-0.1, -0.05) is 38.0 Å². The van der Waals surface area contributed by atoms with Crippen LogP contribution in [0.15, 0.2) is 52.3 Å². The molecule has 2 aromatic carbocycles. The lowest BCUT2D eigenvalue weighted by molar-refractivity contribution is -0.133. The highest BCUT2D eigenvalue weighted by Gasteiger charge is 2.31. The molecule has 1 aliphatic rings. The lowest BCUT2D eigenvalue weighted by Crippen LogP contribution is -2.35. The van der Waals surface area contributed by atoms with Gasteiger partial charge < -0.3 is 14.7 Å². The summed E-state index contributed by atoms with van der Waals surface area (Å²) in [5.74, 6) is -3.14. The van der Waals surface area contributed by atoms with Gasteiger partial charge in [0.2, 0.25) is 0 Å². The smallest absolute Gasteiger partial charge is 0.335 e. The average Bonchev–Trinajstić information content (AvgIpc) is 2.98. The molecule has 2 aromatic rings. The summed E-state index contributed by atoms with van der Waals surface area (Å²) in [5, 5.41) is 7.00. The molecule has 1 N–H and O–H groups in total. The number of fused-ring (bicyclic) bond motifs is 1. The molecule has 33 heavy (non-hydrogen) atoms. The zero-order chi connectivity index (χ0) is 24.4. The molecule has 0 spiro atoms. The van der Waals surface area contributed by atoms with Gasteiger partial charge in [-0.05, 0) is 55.9 Å². The van der Waals surface area contributed by atoms with Gasteiger partial charge in [-0.2, -0.15) is 8.78 Å². The largest absolute Gasteiger partial charge is 0.486 e. The molecule has 5 nitrogen and oxygen atoms in total. The predicted molar refractivity (Wildman–Crippen MR) is 133 cm³/mol. The molecule has 182 valence electrons. The highest BCUT2D eigenvalue weighted by molar-refractivity contribution is 7.98. The molecule has 3 rings (SSSR count). The number of nitrogens with zero attached hydrogens (tertiary/aromatic N) is 2. The van der Waals surface area contributed by atoms with Crippen molar-refractivity contribution in [2.24, 2.45) is 0 Å².